The lowest BCUT2D eigenvalue weighted by atomic mass is 10.1. The van der Waals surface area contributed by atoms with Crippen molar-refractivity contribution >= 4 is 34.7 Å². The minimum atomic E-state index is -0.798. The number of ether oxygens (including phenoxy) is 1. The zero-order chi connectivity index (χ0) is 25.9. The number of para-hydroxylation sites is 1. The Balaban J connectivity index is 1.42. The molecule has 1 fully saturated rings. The molecule has 0 N–H and O–H groups in total. The molecule has 0 aliphatic carbocycles. The quantitative estimate of drug-likeness (QED) is 0.214. The van der Waals surface area contributed by atoms with Gasteiger partial charge in [-0.25, -0.2) is 14.3 Å². The summed E-state index contributed by atoms with van der Waals surface area (Å²) < 4.78 is 6.83. The SMILES string of the molecule is C=CCOC(=O)c1ccc(-c2nn(-c3ccc(C(=O)ON4C(=O)CCC4=O)cc3)c3ccccc23)cc1. The number of nitrogens with zero attached hydrogens (tertiary/aromatic N) is 3. The highest BCUT2D eigenvalue weighted by atomic mass is 16.7. The molecule has 0 atom stereocenters. The molecule has 2 heterocycles. The van der Waals surface area contributed by atoms with Crippen LogP contribution in [0.25, 0.3) is 27.8 Å². The number of hydrogen-bond donors (Lipinski definition) is 0. The van der Waals surface area contributed by atoms with Crippen LogP contribution in [0.2, 0.25) is 0 Å². The minimum absolute atomic E-state index is 0.0296. The average molecular weight is 495 g/mol. The molecule has 0 radical (unpaired) electrons. The summed E-state index contributed by atoms with van der Waals surface area (Å²) in [5, 5.41) is 6.23. The van der Waals surface area contributed by atoms with Gasteiger partial charge in [-0.3, -0.25) is 9.59 Å². The molecule has 9 nitrogen and oxygen atoms in total. The fraction of sp³-hybridized carbons (Fsp3) is 0.107. The molecule has 1 aliphatic rings. The van der Waals surface area contributed by atoms with E-state index in [9.17, 15) is 19.2 Å². The van der Waals surface area contributed by atoms with E-state index in [-0.39, 0.29) is 25.0 Å². The fourth-order valence-electron chi connectivity index (χ4n) is 3.99. The van der Waals surface area contributed by atoms with E-state index in [0.717, 1.165) is 22.2 Å². The second-order valence-electron chi connectivity index (χ2n) is 8.25. The molecule has 2 amide bonds. The van der Waals surface area contributed by atoms with Crippen LogP contribution in [-0.4, -0.2) is 45.2 Å². The van der Waals surface area contributed by atoms with Crippen LogP contribution in [-0.2, 0) is 19.2 Å². The number of aromatic nitrogens is 2. The first-order valence-corrected chi connectivity index (χ1v) is 11.5. The van der Waals surface area contributed by atoms with Crippen molar-refractivity contribution in [3.05, 3.63) is 96.6 Å². The maximum Gasteiger partial charge on any atom is 0.363 e. The highest BCUT2D eigenvalue weighted by Gasteiger charge is 2.33. The summed E-state index contributed by atoms with van der Waals surface area (Å²) in [6.07, 6.45) is 1.57. The molecule has 9 heteroatoms. The topological polar surface area (TPSA) is 108 Å². The van der Waals surface area contributed by atoms with Crippen LogP contribution in [0, 0.1) is 0 Å². The lowest BCUT2D eigenvalue weighted by molar-refractivity contribution is -0.172. The molecule has 184 valence electrons. The van der Waals surface area contributed by atoms with Gasteiger partial charge in [0.05, 0.1) is 22.3 Å². The molecular weight excluding hydrogens is 474 g/mol. The largest absolute Gasteiger partial charge is 0.458 e. The number of hydrogen-bond acceptors (Lipinski definition) is 7. The second kappa shape index (κ2) is 9.90. The van der Waals surface area contributed by atoms with E-state index in [1.54, 1.807) is 41.1 Å². The summed E-state index contributed by atoms with van der Waals surface area (Å²) in [6, 6.07) is 21.2. The number of imide groups is 1. The van der Waals surface area contributed by atoms with E-state index in [0.29, 0.717) is 16.3 Å². The number of esters is 1. The van der Waals surface area contributed by atoms with E-state index in [1.165, 1.54) is 6.08 Å². The van der Waals surface area contributed by atoms with Gasteiger partial charge in [-0.1, -0.05) is 43.0 Å². The van der Waals surface area contributed by atoms with Crippen molar-refractivity contribution in [3.8, 4) is 16.9 Å². The van der Waals surface area contributed by atoms with Crippen LogP contribution in [0.3, 0.4) is 0 Å². The molecule has 0 spiro atoms. The van der Waals surface area contributed by atoms with Crippen molar-refractivity contribution in [2.45, 2.75) is 12.8 Å². The van der Waals surface area contributed by atoms with Gasteiger partial charge in [-0.15, -0.1) is 5.06 Å². The molecule has 1 saturated heterocycles. The molecule has 3 aromatic carbocycles. The number of hydroxylamine groups is 2. The van der Waals surface area contributed by atoms with Crippen LogP contribution >= 0.6 is 0 Å². The zero-order valence-electron chi connectivity index (χ0n) is 19.6. The predicted molar refractivity (Wildman–Crippen MR) is 133 cm³/mol. The number of benzene rings is 3. The van der Waals surface area contributed by atoms with Gasteiger partial charge in [0.15, 0.2) is 0 Å². The minimum Gasteiger partial charge on any atom is -0.458 e. The second-order valence-corrected chi connectivity index (χ2v) is 8.25. The van der Waals surface area contributed by atoms with Crippen molar-refractivity contribution in [3.63, 3.8) is 0 Å². The van der Waals surface area contributed by atoms with E-state index in [4.69, 9.17) is 14.7 Å². The smallest absolute Gasteiger partial charge is 0.363 e. The van der Waals surface area contributed by atoms with Crippen LogP contribution in [0.1, 0.15) is 33.6 Å². The molecule has 1 aliphatic heterocycles. The number of fused-ring (bicyclic) bond motifs is 1. The van der Waals surface area contributed by atoms with Crippen LogP contribution in [0.5, 0.6) is 0 Å². The van der Waals surface area contributed by atoms with Crippen molar-refractivity contribution in [1.29, 1.82) is 0 Å². The Morgan fingerprint density at radius 1 is 0.865 bits per heavy atom. The van der Waals surface area contributed by atoms with Gasteiger partial charge in [0.25, 0.3) is 11.8 Å². The third-order valence-corrected chi connectivity index (χ3v) is 5.84. The summed E-state index contributed by atoms with van der Waals surface area (Å²) in [6.45, 7) is 3.68. The van der Waals surface area contributed by atoms with Gasteiger partial charge in [0.2, 0.25) is 0 Å². The van der Waals surface area contributed by atoms with Crippen LogP contribution in [0.4, 0.5) is 0 Å². The van der Waals surface area contributed by atoms with Crippen molar-refractivity contribution < 1.29 is 28.8 Å². The average Bonchev–Trinajstić information content (AvgIpc) is 3.47. The normalized spacial score (nSPS) is 13.1. The van der Waals surface area contributed by atoms with E-state index in [1.807, 2.05) is 36.4 Å². The Morgan fingerprint density at radius 2 is 1.49 bits per heavy atom. The molecule has 4 aromatic rings. The summed E-state index contributed by atoms with van der Waals surface area (Å²) in [7, 11) is 0. The lowest BCUT2D eigenvalue weighted by Crippen LogP contribution is -2.32. The first-order chi connectivity index (χ1) is 18.0. The van der Waals surface area contributed by atoms with E-state index in [2.05, 4.69) is 6.58 Å². The monoisotopic (exact) mass is 495 g/mol. The van der Waals surface area contributed by atoms with Crippen LogP contribution in [0.15, 0.2) is 85.5 Å². The van der Waals surface area contributed by atoms with Gasteiger partial charge in [0, 0.05) is 23.8 Å². The Morgan fingerprint density at radius 3 is 2.16 bits per heavy atom. The van der Waals surface area contributed by atoms with Crippen molar-refractivity contribution in [2.75, 3.05) is 6.61 Å². The number of amides is 2. The molecule has 0 bridgehead atoms. The standard InChI is InChI=1S/C28H21N3O6/c1-2-17-36-27(34)19-9-7-18(8-10-19)26-22-5-3-4-6-23(22)30(29-26)21-13-11-20(12-14-21)28(35)37-31-24(32)15-16-25(31)33/h2-14H,1,15-17H2. The maximum absolute atomic E-state index is 12.4. The molecule has 1 aromatic heterocycles. The molecule has 37 heavy (non-hydrogen) atoms. The Hall–Kier alpha value is -5.05. The third-order valence-electron chi connectivity index (χ3n) is 5.84. The highest BCUT2D eigenvalue weighted by molar-refractivity contribution is 6.03. The number of rotatable bonds is 7. The maximum atomic E-state index is 12.4. The molecule has 0 unspecified atom stereocenters. The van der Waals surface area contributed by atoms with Gasteiger partial charge < -0.3 is 9.57 Å². The summed E-state index contributed by atoms with van der Waals surface area (Å²) in [4.78, 5) is 53.0. The van der Waals surface area contributed by atoms with E-state index < -0.39 is 23.8 Å². The number of carbonyl (C=O) groups is 4. The summed E-state index contributed by atoms with van der Waals surface area (Å²) >= 11 is 0. The summed E-state index contributed by atoms with van der Waals surface area (Å²) in [5.74, 6) is -2.30. The summed E-state index contributed by atoms with van der Waals surface area (Å²) in [5.41, 5.74) is 3.68. The first kappa shape index (κ1) is 23.7. The predicted octanol–water partition coefficient (Wildman–Crippen LogP) is 4.26. The highest BCUT2D eigenvalue weighted by Crippen LogP contribution is 2.30. The fourth-order valence-corrected chi connectivity index (χ4v) is 3.99. The van der Waals surface area contributed by atoms with Crippen molar-refractivity contribution in [2.24, 2.45) is 0 Å². The lowest BCUT2D eigenvalue weighted by Gasteiger charge is -2.12. The van der Waals surface area contributed by atoms with Gasteiger partial charge >= 0.3 is 11.9 Å². The zero-order valence-corrected chi connectivity index (χ0v) is 19.6. The Bertz CT molecular complexity index is 1520. The number of carbonyl (C=O) groups excluding carboxylic acids is 4. The molecule has 5 rings (SSSR count). The van der Waals surface area contributed by atoms with Crippen molar-refractivity contribution in [1.82, 2.24) is 14.8 Å². The third kappa shape index (κ3) is 4.62. The first-order valence-electron chi connectivity index (χ1n) is 11.5. The van der Waals surface area contributed by atoms with E-state index >= 15 is 0 Å². The Kier molecular flexibility index (Phi) is 6.34. The Labute approximate surface area is 211 Å². The van der Waals surface area contributed by atoms with Gasteiger partial charge in [-0.2, -0.15) is 5.10 Å². The van der Waals surface area contributed by atoms with Gasteiger partial charge in [-0.05, 0) is 42.5 Å². The molecular formula is C28H21N3O6. The van der Waals surface area contributed by atoms with Crippen LogP contribution < -0.4 is 0 Å². The molecule has 0 saturated carbocycles. The van der Waals surface area contributed by atoms with Gasteiger partial charge in [0.1, 0.15) is 12.3 Å².